The average molecular weight is 387 g/mol. The molecule has 2 saturated carbocycles. The SMILES string of the molecule is CC1CN(c2nnc(C3CC3)n2CC2CCCCC(F)(F)C2)CCS1=O. The lowest BCUT2D eigenvalue weighted by Gasteiger charge is -2.32. The first kappa shape index (κ1) is 18.3. The number of hydrogen-bond acceptors (Lipinski definition) is 4. The number of rotatable bonds is 4. The third-order valence-corrected chi connectivity index (χ3v) is 7.54. The summed E-state index contributed by atoms with van der Waals surface area (Å²) < 4.78 is 42.2. The summed E-state index contributed by atoms with van der Waals surface area (Å²) in [5.74, 6) is 0.241. The summed E-state index contributed by atoms with van der Waals surface area (Å²) in [5.41, 5.74) is 0. The first-order valence-electron chi connectivity index (χ1n) is 9.86. The molecule has 1 aliphatic heterocycles. The van der Waals surface area contributed by atoms with Crippen molar-refractivity contribution in [1.29, 1.82) is 0 Å². The highest BCUT2D eigenvalue weighted by Gasteiger charge is 2.37. The summed E-state index contributed by atoms with van der Waals surface area (Å²) in [6.07, 6.45) is 4.54. The van der Waals surface area contributed by atoms with Gasteiger partial charge in [0, 0.05) is 60.2 Å². The van der Waals surface area contributed by atoms with Gasteiger partial charge in [0.1, 0.15) is 5.82 Å². The van der Waals surface area contributed by atoms with Crippen LogP contribution in [-0.4, -0.2) is 49.0 Å². The molecule has 3 unspecified atom stereocenters. The van der Waals surface area contributed by atoms with Crippen LogP contribution in [-0.2, 0) is 17.3 Å². The maximum absolute atomic E-state index is 14.1. The molecule has 0 aromatic carbocycles. The van der Waals surface area contributed by atoms with E-state index in [9.17, 15) is 13.0 Å². The molecule has 3 fully saturated rings. The zero-order chi connectivity index (χ0) is 18.3. The second-order valence-corrected chi connectivity index (χ2v) is 10.2. The van der Waals surface area contributed by atoms with Crippen molar-refractivity contribution in [3.63, 3.8) is 0 Å². The number of alkyl halides is 2. The normalized spacial score (nSPS) is 32.4. The minimum Gasteiger partial charge on any atom is -0.339 e. The molecule has 2 aliphatic carbocycles. The van der Waals surface area contributed by atoms with Crippen LogP contribution in [0.4, 0.5) is 14.7 Å². The minimum absolute atomic E-state index is 0.0173. The van der Waals surface area contributed by atoms with Crippen molar-refractivity contribution in [3.8, 4) is 0 Å². The van der Waals surface area contributed by atoms with Gasteiger partial charge in [0.2, 0.25) is 11.9 Å². The van der Waals surface area contributed by atoms with Crippen molar-refractivity contribution in [1.82, 2.24) is 14.8 Å². The van der Waals surface area contributed by atoms with Gasteiger partial charge in [-0.15, -0.1) is 10.2 Å². The topological polar surface area (TPSA) is 51.0 Å². The molecule has 0 amide bonds. The number of hydrogen-bond donors (Lipinski definition) is 0. The predicted molar refractivity (Wildman–Crippen MR) is 98.2 cm³/mol. The zero-order valence-electron chi connectivity index (χ0n) is 15.4. The molecule has 0 N–H and O–H groups in total. The highest BCUT2D eigenvalue weighted by Crippen LogP contribution is 2.42. The van der Waals surface area contributed by atoms with Gasteiger partial charge in [0.05, 0.1) is 0 Å². The second-order valence-electron chi connectivity index (χ2n) is 8.26. The van der Waals surface area contributed by atoms with Crippen molar-refractivity contribution >= 4 is 16.7 Å². The molecule has 4 rings (SSSR count). The fourth-order valence-electron chi connectivity index (χ4n) is 4.28. The van der Waals surface area contributed by atoms with Crippen molar-refractivity contribution in [2.75, 3.05) is 23.7 Å². The number of anilines is 1. The van der Waals surface area contributed by atoms with Gasteiger partial charge < -0.3 is 4.90 Å². The Morgan fingerprint density at radius 1 is 1.23 bits per heavy atom. The Labute approximate surface area is 156 Å². The van der Waals surface area contributed by atoms with Crippen LogP contribution in [0.3, 0.4) is 0 Å². The molecule has 0 spiro atoms. The Balaban J connectivity index is 1.57. The van der Waals surface area contributed by atoms with Gasteiger partial charge in [-0.05, 0) is 38.5 Å². The maximum Gasteiger partial charge on any atom is 0.248 e. The van der Waals surface area contributed by atoms with Crippen LogP contribution in [0, 0.1) is 5.92 Å². The molecule has 5 nitrogen and oxygen atoms in total. The smallest absolute Gasteiger partial charge is 0.248 e. The van der Waals surface area contributed by atoms with Crippen LogP contribution in [0.2, 0.25) is 0 Å². The Kier molecular flexibility index (Phi) is 5.05. The van der Waals surface area contributed by atoms with E-state index in [4.69, 9.17) is 0 Å². The molecule has 1 aromatic heterocycles. The molecule has 26 heavy (non-hydrogen) atoms. The molecule has 0 bridgehead atoms. The summed E-state index contributed by atoms with van der Waals surface area (Å²) in [5, 5.41) is 8.97. The van der Waals surface area contributed by atoms with Crippen LogP contribution < -0.4 is 4.90 Å². The van der Waals surface area contributed by atoms with Gasteiger partial charge in [-0.1, -0.05) is 6.42 Å². The molecule has 2 heterocycles. The van der Waals surface area contributed by atoms with Crippen molar-refractivity contribution in [3.05, 3.63) is 5.82 Å². The van der Waals surface area contributed by atoms with Gasteiger partial charge in [0.15, 0.2) is 0 Å². The van der Waals surface area contributed by atoms with E-state index in [0.29, 0.717) is 37.7 Å². The molecule has 1 saturated heterocycles. The van der Waals surface area contributed by atoms with E-state index >= 15 is 0 Å². The average Bonchev–Trinajstić information content (AvgIpc) is 3.37. The number of aromatic nitrogens is 3. The number of nitrogens with zero attached hydrogens (tertiary/aromatic N) is 4. The molecular weight excluding hydrogens is 358 g/mol. The number of halogens is 2. The van der Waals surface area contributed by atoms with Crippen molar-refractivity contribution in [2.24, 2.45) is 5.92 Å². The van der Waals surface area contributed by atoms with Crippen LogP contribution in [0.15, 0.2) is 0 Å². The largest absolute Gasteiger partial charge is 0.339 e. The lowest BCUT2D eigenvalue weighted by Crippen LogP contribution is -2.44. The Morgan fingerprint density at radius 2 is 2.04 bits per heavy atom. The van der Waals surface area contributed by atoms with Crippen LogP contribution >= 0.6 is 0 Å². The molecule has 0 radical (unpaired) electrons. The van der Waals surface area contributed by atoms with Crippen molar-refractivity contribution in [2.45, 2.75) is 75.5 Å². The third kappa shape index (κ3) is 3.94. The molecule has 146 valence electrons. The highest BCUT2D eigenvalue weighted by molar-refractivity contribution is 7.85. The van der Waals surface area contributed by atoms with E-state index in [1.54, 1.807) is 0 Å². The van der Waals surface area contributed by atoms with Crippen LogP contribution in [0.5, 0.6) is 0 Å². The van der Waals surface area contributed by atoms with E-state index in [0.717, 1.165) is 37.5 Å². The Hall–Kier alpha value is -1.05. The molecule has 1 aromatic rings. The summed E-state index contributed by atoms with van der Waals surface area (Å²) in [6, 6.07) is 0. The highest BCUT2D eigenvalue weighted by atomic mass is 32.2. The van der Waals surface area contributed by atoms with Gasteiger partial charge in [-0.25, -0.2) is 8.78 Å². The van der Waals surface area contributed by atoms with Gasteiger partial charge in [-0.2, -0.15) is 0 Å². The predicted octanol–water partition coefficient (Wildman–Crippen LogP) is 3.33. The zero-order valence-corrected chi connectivity index (χ0v) is 16.2. The molecule has 3 aliphatic rings. The summed E-state index contributed by atoms with van der Waals surface area (Å²) >= 11 is 0. The van der Waals surface area contributed by atoms with E-state index in [1.807, 2.05) is 6.92 Å². The standard InChI is InChI=1S/C18H28F2N4OS/c1-13-11-23(8-9-26(13)25)17-22-21-16(15-5-6-15)24(17)12-14-4-2-3-7-18(19,20)10-14/h13-15H,2-12H2,1H3. The van der Waals surface area contributed by atoms with Gasteiger partial charge >= 0.3 is 0 Å². The van der Waals surface area contributed by atoms with E-state index < -0.39 is 16.7 Å². The Bertz CT molecular complexity index is 676. The molecular formula is C18H28F2N4OS. The first-order chi connectivity index (χ1) is 12.4. The van der Waals surface area contributed by atoms with Gasteiger partial charge in [0.25, 0.3) is 0 Å². The summed E-state index contributed by atoms with van der Waals surface area (Å²) in [4.78, 5) is 2.15. The monoisotopic (exact) mass is 386 g/mol. The molecule has 3 atom stereocenters. The van der Waals surface area contributed by atoms with E-state index in [-0.39, 0.29) is 24.0 Å². The minimum atomic E-state index is -2.55. The summed E-state index contributed by atoms with van der Waals surface area (Å²) in [7, 11) is -0.793. The molecule has 8 heteroatoms. The lowest BCUT2D eigenvalue weighted by atomic mass is 9.98. The first-order valence-corrected chi connectivity index (χ1v) is 11.2. The summed E-state index contributed by atoms with van der Waals surface area (Å²) in [6.45, 7) is 3.96. The van der Waals surface area contributed by atoms with Crippen LogP contribution in [0.25, 0.3) is 0 Å². The van der Waals surface area contributed by atoms with Crippen LogP contribution in [0.1, 0.15) is 63.6 Å². The van der Waals surface area contributed by atoms with E-state index in [2.05, 4.69) is 19.7 Å². The lowest BCUT2D eigenvalue weighted by molar-refractivity contribution is -0.0267. The van der Waals surface area contributed by atoms with Gasteiger partial charge in [-0.3, -0.25) is 8.78 Å². The fourth-order valence-corrected chi connectivity index (χ4v) is 5.43. The second kappa shape index (κ2) is 7.17. The quantitative estimate of drug-likeness (QED) is 0.745. The maximum atomic E-state index is 14.1. The fraction of sp³-hybridized carbons (Fsp3) is 0.889. The Morgan fingerprint density at radius 3 is 2.77 bits per heavy atom. The van der Waals surface area contributed by atoms with E-state index in [1.165, 1.54) is 0 Å². The van der Waals surface area contributed by atoms with Crippen molar-refractivity contribution < 1.29 is 13.0 Å². The third-order valence-electron chi connectivity index (χ3n) is 5.91.